The molecule has 7 rings (SSSR count). The standard InChI is InChI=1S/C33H30NO5P/c1-5-13-23(14-6-1)21-28-34-29-31(39-40(25-17-9-3-10-18-25)26-19-11-4-12-20-26)30-27(36-33(29)37-28)22-35-32(38-30)24-15-7-2-8-16-24/h1-20,27,29-33H,21-22H2/t27?,29?,30-,31?,32?,33-/m1/s1. The molecule has 6 nitrogen and oxygen atoms in total. The molecule has 2 saturated heterocycles. The second-order valence-electron chi connectivity index (χ2n) is 10.0. The fourth-order valence-corrected chi connectivity index (χ4v) is 7.32. The van der Waals surface area contributed by atoms with Crippen LogP contribution in [0.4, 0.5) is 0 Å². The first-order chi connectivity index (χ1) is 19.8. The highest BCUT2D eigenvalue weighted by molar-refractivity contribution is 7.68. The largest absolute Gasteiger partial charge is 0.449 e. The summed E-state index contributed by atoms with van der Waals surface area (Å²) in [7, 11) is -1.16. The summed E-state index contributed by atoms with van der Waals surface area (Å²) < 4.78 is 32.6. The highest BCUT2D eigenvalue weighted by Gasteiger charge is 2.54. The Labute approximate surface area is 235 Å². The first-order valence-corrected chi connectivity index (χ1v) is 14.9. The minimum absolute atomic E-state index is 0.346. The fraction of sp³-hybridized carbons (Fsp3) is 0.242. The van der Waals surface area contributed by atoms with Crippen LogP contribution in [-0.2, 0) is 29.9 Å². The summed E-state index contributed by atoms with van der Waals surface area (Å²) in [5.74, 6) is 0.651. The van der Waals surface area contributed by atoms with E-state index >= 15 is 0 Å². The average molecular weight is 552 g/mol. The van der Waals surface area contributed by atoms with Gasteiger partial charge in [-0.3, -0.25) is 0 Å². The van der Waals surface area contributed by atoms with Gasteiger partial charge >= 0.3 is 0 Å². The summed E-state index contributed by atoms with van der Waals surface area (Å²) in [5.41, 5.74) is 2.10. The fourth-order valence-electron chi connectivity index (χ4n) is 5.40. The number of benzene rings is 4. The van der Waals surface area contributed by atoms with Gasteiger partial charge in [0.2, 0.25) is 6.29 Å². The first-order valence-electron chi connectivity index (χ1n) is 13.6. The zero-order valence-corrected chi connectivity index (χ0v) is 22.8. The summed E-state index contributed by atoms with van der Waals surface area (Å²) in [6.45, 7) is 0.374. The highest BCUT2D eigenvalue weighted by Crippen LogP contribution is 2.45. The van der Waals surface area contributed by atoms with Crippen molar-refractivity contribution in [1.29, 1.82) is 0 Å². The molecule has 3 aliphatic rings. The maximum Gasteiger partial charge on any atom is 0.227 e. The second-order valence-corrected chi connectivity index (χ2v) is 11.9. The molecule has 2 fully saturated rings. The molecule has 6 atom stereocenters. The topological polar surface area (TPSA) is 58.5 Å². The first kappa shape index (κ1) is 25.6. The van der Waals surface area contributed by atoms with Gasteiger partial charge in [0.25, 0.3) is 0 Å². The van der Waals surface area contributed by atoms with Crippen LogP contribution in [0.25, 0.3) is 0 Å². The van der Waals surface area contributed by atoms with E-state index in [1.807, 2.05) is 60.7 Å². The zero-order valence-electron chi connectivity index (χ0n) is 21.9. The lowest BCUT2D eigenvalue weighted by atomic mass is 9.96. The van der Waals surface area contributed by atoms with E-state index in [0.29, 0.717) is 18.9 Å². The SMILES string of the molecule is c1ccc(CC2=NC3C(OP(c4ccccc4)c4ccccc4)[C@@H]4OC(c5ccccc5)OCC4O[C@@H]3O2)cc1. The molecule has 0 amide bonds. The molecule has 0 radical (unpaired) electrons. The predicted molar refractivity (Wildman–Crippen MR) is 155 cm³/mol. The molecular formula is C33H30NO5P. The minimum atomic E-state index is -1.16. The van der Waals surface area contributed by atoms with Crippen molar-refractivity contribution in [2.45, 2.75) is 43.4 Å². The Kier molecular flexibility index (Phi) is 7.43. The molecule has 0 spiro atoms. The molecule has 7 heteroatoms. The van der Waals surface area contributed by atoms with E-state index in [9.17, 15) is 0 Å². The molecule has 4 aromatic rings. The van der Waals surface area contributed by atoms with Crippen LogP contribution < -0.4 is 10.6 Å². The molecule has 4 unspecified atom stereocenters. The van der Waals surface area contributed by atoms with Crippen molar-refractivity contribution in [3.8, 4) is 0 Å². The van der Waals surface area contributed by atoms with Gasteiger partial charge in [0, 0.05) is 22.6 Å². The van der Waals surface area contributed by atoms with Gasteiger partial charge in [-0.1, -0.05) is 121 Å². The number of fused-ring (bicyclic) bond motifs is 2. The van der Waals surface area contributed by atoms with E-state index in [0.717, 1.165) is 21.7 Å². The molecule has 3 heterocycles. The van der Waals surface area contributed by atoms with Gasteiger partial charge in [-0.25, -0.2) is 4.99 Å². The Bertz CT molecular complexity index is 1380. The Balaban J connectivity index is 1.24. The van der Waals surface area contributed by atoms with Crippen molar-refractivity contribution >= 4 is 24.7 Å². The van der Waals surface area contributed by atoms with Crippen LogP contribution in [0.3, 0.4) is 0 Å². The van der Waals surface area contributed by atoms with Gasteiger partial charge in [-0.15, -0.1) is 0 Å². The van der Waals surface area contributed by atoms with E-state index in [1.165, 1.54) is 0 Å². The number of hydrogen-bond donors (Lipinski definition) is 0. The number of aliphatic imine (C=N–C) groups is 1. The normalized spacial score (nSPS) is 27.4. The Morgan fingerprint density at radius 2 is 1.32 bits per heavy atom. The third-order valence-corrected chi connectivity index (χ3v) is 9.32. The molecule has 0 saturated carbocycles. The summed E-state index contributed by atoms with van der Waals surface area (Å²) in [5, 5.41) is 2.25. The lowest BCUT2D eigenvalue weighted by Gasteiger charge is -2.47. The summed E-state index contributed by atoms with van der Waals surface area (Å²) in [6, 6.07) is 40.6. The average Bonchev–Trinajstić information content (AvgIpc) is 3.42. The molecule has 3 aliphatic heterocycles. The van der Waals surface area contributed by atoms with Gasteiger partial charge in [-0.2, -0.15) is 0 Å². The lowest BCUT2D eigenvalue weighted by Crippen LogP contribution is -2.61. The zero-order chi connectivity index (χ0) is 26.7. The summed E-state index contributed by atoms with van der Waals surface area (Å²) >= 11 is 0. The van der Waals surface area contributed by atoms with Gasteiger partial charge in [-0.05, 0) is 5.56 Å². The van der Waals surface area contributed by atoms with Gasteiger partial charge in [0.15, 0.2) is 12.2 Å². The second kappa shape index (κ2) is 11.6. The molecule has 202 valence electrons. The van der Waals surface area contributed by atoms with Crippen LogP contribution in [0, 0.1) is 0 Å². The van der Waals surface area contributed by atoms with Crippen molar-refractivity contribution < 1.29 is 23.5 Å². The molecule has 0 aliphatic carbocycles. The van der Waals surface area contributed by atoms with Crippen LogP contribution in [0.1, 0.15) is 17.4 Å². The van der Waals surface area contributed by atoms with Gasteiger partial charge in [0.1, 0.15) is 24.4 Å². The van der Waals surface area contributed by atoms with Gasteiger partial charge in [0.05, 0.1) is 14.8 Å². The lowest BCUT2D eigenvalue weighted by molar-refractivity contribution is -0.326. The highest BCUT2D eigenvalue weighted by atomic mass is 31.1. The van der Waals surface area contributed by atoms with E-state index in [1.54, 1.807) is 0 Å². The number of ether oxygens (including phenoxy) is 4. The molecular weight excluding hydrogens is 521 g/mol. The summed E-state index contributed by atoms with van der Waals surface area (Å²) in [4.78, 5) is 5.05. The maximum atomic E-state index is 7.15. The smallest absolute Gasteiger partial charge is 0.227 e. The molecule has 0 aromatic heterocycles. The third-order valence-electron chi connectivity index (χ3n) is 7.33. The Morgan fingerprint density at radius 1 is 0.725 bits per heavy atom. The quantitative estimate of drug-likeness (QED) is 0.292. The van der Waals surface area contributed by atoms with E-state index in [-0.39, 0.29) is 18.2 Å². The summed E-state index contributed by atoms with van der Waals surface area (Å²) in [6.07, 6.45) is -1.62. The predicted octanol–water partition coefficient (Wildman–Crippen LogP) is 5.30. The van der Waals surface area contributed by atoms with E-state index < -0.39 is 26.8 Å². The van der Waals surface area contributed by atoms with Crippen LogP contribution in [0.15, 0.2) is 126 Å². The Morgan fingerprint density at radius 3 is 1.98 bits per heavy atom. The maximum absolute atomic E-state index is 7.15. The monoisotopic (exact) mass is 551 g/mol. The van der Waals surface area contributed by atoms with Crippen molar-refractivity contribution in [2.24, 2.45) is 4.99 Å². The number of rotatable bonds is 7. The van der Waals surface area contributed by atoms with E-state index in [2.05, 4.69) is 60.7 Å². The Hall–Kier alpha value is -3.38. The van der Waals surface area contributed by atoms with Crippen molar-refractivity contribution in [1.82, 2.24) is 0 Å². The number of nitrogens with zero attached hydrogens (tertiary/aromatic N) is 1. The van der Waals surface area contributed by atoms with Crippen LogP contribution in [0.2, 0.25) is 0 Å². The molecule has 40 heavy (non-hydrogen) atoms. The van der Waals surface area contributed by atoms with Crippen LogP contribution >= 0.6 is 8.15 Å². The van der Waals surface area contributed by atoms with Crippen molar-refractivity contribution in [3.63, 3.8) is 0 Å². The van der Waals surface area contributed by atoms with Crippen molar-refractivity contribution in [3.05, 3.63) is 132 Å². The third kappa shape index (κ3) is 5.34. The van der Waals surface area contributed by atoms with Crippen molar-refractivity contribution in [2.75, 3.05) is 6.61 Å². The molecule has 0 bridgehead atoms. The van der Waals surface area contributed by atoms with E-state index in [4.69, 9.17) is 28.5 Å². The molecule has 4 aromatic carbocycles. The van der Waals surface area contributed by atoms with Gasteiger partial charge < -0.3 is 23.5 Å². The number of hydrogen-bond acceptors (Lipinski definition) is 6. The van der Waals surface area contributed by atoms with Crippen LogP contribution in [0.5, 0.6) is 0 Å². The molecule has 0 N–H and O–H groups in total. The van der Waals surface area contributed by atoms with Crippen LogP contribution in [-0.4, -0.2) is 43.1 Å². The minimum Gasteiger partial charge on any atom is -0.449 e.